The van der Waals surface area contributed by atoms with Crippen LogP contribution in [0.1, 0.15) is 51.9 Å². The number of ether oxygens (including phenoxy) is 1. The van der Waals surface area contributed by atoms with Gasteiger partial charge in [0.05, 0.1) is 16.6 Å². The van der Waals surface area contributed by atoms with Crippen LogP contribution in [0.5, 0.6) is 0 Å². The molecule has 3 aliphatic heterocycles. The summed E-state index contributed by atoms with van der Waals surface area (Å²) in [6, 6.07) is -0.489. The number of esters is 1. The summed E-state index contributed by atoms with van der Waals surface area (Å²) in [5.41, 5.74) is 0. The predicted octanol–water partition coefficient (Wildman–Crippen LogP) is 2.78. The number of fused-ring (bicyclic) bond motifs is 1. The molecule has 3 saturated heterocycles. The molecule has 0 radical (unpaired) electrons. The first kappa shape index (κ1) is 25.3. The molecule has 4 fully saturated rings. The molecular weight excluding hydrogens is 452 g/mol. The third-order valence-electron chi connectivity index (χ3n) is 8.28. The number of amides is 2. The molecule has 4 rings (SSSR count). The van der Waals surface area contributed by atoms with Crippen molar-refractivity contribution in [3.05, 3.63) is 25.3 Å². The van der Waals surface area contributed by atoms with Crippen molar-refractivity contribution in [3.63, 3.8) is 0 Å². The molecule has 4 aliphatic rings. The smallest absolute Gasteiger partial charge is 0.311 e. The minimum atomic E-state index is -0.653. The third-order valence-corrected chi connectivity index (χ3v) is 10.4. The van der Waals surface area contributed by atoms with Gasteiger partial charge in [-0.25, -0.2) is 0 Å². The van der Waals surface area contributed by atoms with E-state index in [1.165, 1.54) is 12.5 Å². The van der Waals surface area contributed by atoms with E-state index in [1.807, 2.05) is 4.90 Å². The van der Waals surface area contributed by atoms with Crippen LogP contribution in [-0.4, -0.2) is 81.1 Å². The molecule has 1 N–H and O–H groups in total. The molecule has 0 aromatic carbocycles. The van der Waals surface area contributed by atoms with Crippen molar-refractivity contribution in [2.24, 2.45) is 17.8 Å². The van der Waals surface area contributed by atoms with Gasteiger partial charge in [-0.15, -0.1) is 18.3 Å². The molecule has 6 atom stereocenters. The van der Waals surface area contributed by atoms with Crippen LogP contribution in [0.2, 0.25) is 0 Å². The normalized spacial score (nSPS) is 34.7. The molecule has 34 heavy (non-hydrogen) atoms. The van der Waals surface area contributed by atoms with Crippen molar-refractivity contribution in [2.45, 2.75) is 74.0 Å². The SMILES string of the molecule is C=CCOC(=O)[C@@H]1[C@H]2C(=O)N(CCCO)C(C(=O)N(CC=C)C3CCCCC3)C23S[C@@H]1CC3C. The Labute approximate surface area is 206 Å². The van der Waals surface area contributed by atoms with Gasteiger partial charge in [0.1, 0.15) is 12.6 Å². The maximum Gasteiger partial charge on any atom is 0.311 e. The first-order valence-electron chi connectivity index (χ1n) is 12.7. The van der Waals surface area contributed by atoms with Gasteiger partial charge in [0.2, 0.25) is 11.8 Å². The molecule has 1 saturated carbocycles. The van der Waals surface area contributed by atoms with E-state index in [4.69, 9.17) is 4.74 Å². The van der Waals surface area contributed by atoms with Gasteiger partial charge >= 0.3 is 5.97 Å². The molecule has 8 heteroatoms. The Morgan fingerprint density at radius 1 is 1.26 bits per heavy atom. The zero-order valence-electron chi connectivity index (χ0n) is 20.2. The van der Waals surface area contributed by atoms with Crippen molar-refractivity contribution in [1.29, 1.82) is 0 Å². The molecule has 188 valence electrons. The standard InChI is InChI=1S/C26H38N2O5S/c1-4-12-27(18-10-7-6-8-11-18)24(31)22-26-17(3)16-19(34-26)20(25(32)33-15-5-2)21(26)23(30)28(22)13-9-14-29/h4-5,17-22,29H,1-2,6-16H2,3H3/t17?,19-,20+,21+,22?,26?/m1/s1. The average Bonchev–Trinajstić information content (AvgIpc) is 3.43. The summed E-state index contributed by atoms with van der Waals surface area (Å²) in [6.07, 6.45) is 9.81. The van der Waals surface area contributed by atoms with Crippen LogP contribution in [0.15, 0.2) is 25.3 Å². The molecule has 0 aromatic heterocycles. The molecule has 1 aliphatic carbocycles. The fourth-order valence-electron chi connectivity index (χ4n) is 6.89. The summed E-state index contributed by atoms with van der Waals surface area (Å²) in [6.45, 7) is 10.5. The summed E-state index contributed by atoms with van der Waals surface area (Å²) in [4.78, 5) is 44.9. The second kappa shape index (κ2) is 10.4. The fourth-order valence-corrected chi connectivity index (χ4v) is 9.30. The first-order chi connectivity index (χ1) is 16.4. The molecule has 3 unspecified atom stereocenters. The number of carbonyl (C=O) groups excluding carboxylic acids is 3. The number of rotatable bonds is 10. The van der Waals surface area contributed by atoms with Crippen LogP contribution in [0, 0.1) is 17.8 Å². The van der Waals surface area contributed by atoms with Crippen LogP contribution in [0.4, 0.5) is 0 Å². The lowest BCUT2D eigenvalue weighted by Crippen LogP contribution is -2.59. The Morgan fingerprint density at radius 3 is 2.65 bits per heavy atom. The Morgan fingerprint density at radius 2 is 2.00 bits per heavy atom. The highest BCUT2D eigenvalue weighted by Crippen LogP contribution is 2.68. The van der Waals surface area contributed by atoms with Gasteiger partial charge in [0, 0.05) is 31.0 Å². The van der Waals surface area contributed by atoms with E-state index < -0.39 is 22.6 Å². The summed E-state index contributed by atoms with van der Waals surface area (Å²) < 4.78 is 4.77. The van der Waals surface area contributed by atoms with Crippen LogP contribution in [0.3, 0.4) is 0 Å². The van der Waals surface area contributed by atoms with E-state index in [2.05, 4.69) is 20.1 Å². The summed E-state index contributed by atoms with van der Waals surface area (Å²) >= 11 is 1.66. The third kappa shape index (κ3) is 4.00. The Bertz CT molecular complexity index is 828. The number of aliphatic hydroxyl groups is 1. The fraction of sp³-hybridized carbons (Fsp3) is 0.731. The lowest BCUT2D eigenvalue weighted by molar-refractivity contribution is -0.153. The molecule has 1 spiro atoms. The van der Waals surface area contributed by atoms with E-state index in [0.29, 0.717) is 19.5 Å². The monoisotopic (exact) mass is 490 g/mol. The summed E-state index contributed by atoms with van der Waals surface area (Å²) in [5, 5.41) is 9.49. The Kier molecular flexibility index (Phi) is 7.77. The number of likely N-dealkylation sites (tertiary alicyclic amines) is 1. The van der Waals surface area contributed by atoms with Crippen molar-refractivity contribution in [3.8, 4) is 0 Å². The van der Waals surface area contributed by atoms with Crippen molar-refractivity contribution in [1.82, 2.24) is 9.80 Å². The van der Waals surface area contributed by atoms with E-state index in [9.17, 15) is 19.5 Å². The first-order valence-corrected chi connectivity index (χ1v) is 13.6. The van der Waals surface area contributed by atoms with Gasteiger partial charge in [-0.1, -0.05) is 44.9 Å². The van der Waals surface area contributed by atoms with E-state index >= 15 is 0 Å². The van der Waals surface area contributed by atoms with Crippen molar-refractivity contribution in [2.75, 3.05) is 26.3 Å². The lowest BCUT2D eigenvalue weighted by Gasteiger charge is -2.43. The Balaban J connectivity index is 1.72. The van der Waals surface area contributed by atoms with Gasteiger partial charge < -0.3 is 19.6 Å². The Hall–Kier alpha value is -1.80. The number of nitrogens with zero attached hydrogens (tertiary/aromatic N) is 2. The molecule has 3 heterocycles. The quantitative estimate of drug-likeness (QED) is 0.374. The molecule has 2 amide bonds. The average molecular weight is 491 g/mol. The van der Waals surface area contributed by atoms with Crippen LogP contribution >= 0.6 is 11.8 Å². The number of hydrogen-bond donors (Lipinski definition) is 1. The van der Waals surface area contributed by atoms with E-state index in [0.717, 1.165) is 32.1 Å². The number of aliphatic hydroxyl groups excluding tert-OH is 1. The van der Waals surface area contributed by atoms with Gasteiger partial charge in [0.15, 0.2) is 0 Å². The van der Waals surface area contributed by atoms with Crippen LogP contribution in [-0.2, 0) is 19.1 Å². The van der Waals surface area contributed by atoms with Crippen LogP contribution < -0.4 is 0 Å². The largest absolute Gasteiger partial charge is 0.461 e. The molecular formula is C26H38N2O5S. The number of hydrogen-bond acceptors (Lipinski definition) is 6. The second-order valence-electron chi connectivity index (χ2n) is 10.2. The maximum absolute atomic E-state index is 14.4. The topological polar surface area (TPSA) is 87.1 Å². The highest BCUT2D eigenvalue weighted by Gasteiger charge is 2.76. The van der Waals surface area contributed by atoms with Gasteiger partial charge in [-0.3, -0.25) is 14.4 Å². The second-order valence-corrected chi connectivity index (χ2v) is 11.7. The lowest BCUT2D eigenvalue weighted by atomic mass is 9.66. The van der Waals surface area contributed by atoms with Gasteiger partial charge in [-0.05, 0) is 31.6 Å². The van der Waals surface area contributed by atoms with Crippen molar-refractivity contribution >= 4 is 29.5 Å². The molecule has 0 aromatic rings. The van der Waals surface area contributed by atoms with E-state index in [-0.39, 0.29) is 48.2 Å². The summed E-state index contributed by atoms with van der Waals surface area (Å²) in [5.74, 6) is -1.55. The molecule has 7 nitrogen and oxygen atoms in total. The number of carbonyl (C=O) groups is 3. The minimum absolute atomic E-state index is 0.0271. The zero-order chi connectivity index (χ0) is 24.5. The highest BCUT2D eigenvalue weighted by molar-refractivity contribution is 8.02. The minimum Gasteiger partial charge on any atom is -0.461 e. The molecule has 2 bridgehead atoms. The number of thioether (sulfide) groups is 1. The zero-order valence-corrected chi connectivity index (χ0v) is 21.0. The van der Waals surface area contributed by atoms with Gasteiger partial charge in [0.25, 0.3) is 0 Å². The van der Waals surface area contributed by atoms with Crippen molar-refractivity contribution < 1.29 is 24.2 Å². The van der Waals surface area contributed by atoms with Gasteiger partial charge in [-0.2, -0.15) is 0 Å². The summed E-state index contributed by atoms with van der Waals surface area (Å²) in [7, 11) is 0. The maximum atomic E-state index is 14.4. The van der Waals surface area contributed by atoms with Crippen LogP contribution in [0.25, 0.3) is 0 Å². The van der Waals surface area contributed by atoms with E-state index in [1.54, 1.807) is 22.7 Å². The predicted molar refractivity (Wildman–Crippen MR) is 132 cm³/mol. The highest BCUT2D eigenvalue weighted by atomic mass is 32.2.